The summed E-state index contributed by atoms with van der Waals surface area (Å²) in [7, 11) is 5.05. The van der Waals surface area contributed by atoms with Crippen LogP contribution >= 0.6 is 0 Å². The van der Waals surface area contributed by atoms with Crippen LogP contribution in [0.2, 0.25) is 0 Å². The van der Waals surface area contributed by atoms with E-state index in [0.717, 1.165) is 5.56 Å². The van der Waals surface area contributed by atoms with E-state index >= 15 is 0 Å². The first-order valence-electron chi connectivity index (χ1n) is 4.63. The molecule has 1 rings (SSSR count). The molecule has 0 N–H and O–H groups in total. The van der Waals surface area contributed by atoms with Gasteiger partial charge < -0.3 is 4.90 Å². The molecule has 0 aliphatic rings. The molecule has 0 aliphatic heterocycles. The van der Waals surface area contributed by atoms with Crippen LogP contribution < -0.4 is 0 Å². The number of carbonyl (C=O) groups is 1. The molecule has 15 heavy (non-hydrogen) atoms. The van der Waals surface area contributed by atoms with Crippen molar-refractivity contribution in [3.63, 3.8) is 0 Å². The van der Waals surface area contributed by atoms with Gasteiger partial charge in [0.1, 0.15) is 0 Å². The summed E-state index contributed by atoms with van der Waals surface area (Å²) in [5.74, 6) is 2.91. The third-order valence-electron chi connectivity index (χ3n) is 1.81. The van der Waals surface area contributed by atoms with Gasteiger partial charge in [-0.05, 0) is 18.1 Å². The largest absolute Gasteiger partial charge is 0.330 e. The van der Waals surface area contributed by atoms with Crippen LogP contribution in [0, 0.1) is 12.0 Å². The SMILES string of the molecule is CN(C)C(=O)N(C)C#Cc1ccccc1. The number of benzene rings is 1. The van der Waals surface area contributed by atoms with Crippen molar-refractivity contribution in [2.24, 2.45) is 0 Å². The van der Waals surface area contributed by atoms with Gasteiger partial charge in [0.05, 0.1) is 0 Å². The molecule has 3 nitrogen and oxygen atoms in total. The summed E-state index contributed by atoms with van der Waals surface area (Å²) in [6.45, 7) is 0. The van der Waals surface area contributed by atoms with E-state index < -0.39 is 0 Å². The van der Waals surface area contributed by atoms with Crippen molar-refractivity contribution in [3.05, 3.63) is 35.9 Å². The number of hydrogen-bond acceptors (Lipinski definition) is 1. The molecule has 0 saturated heterocycles. The second-order valence-corrected chi connectivity index (χ2v) is 3.34. The molecule has 0 heterocycles. The molecule has 0 fully saturated rings. The van der Waals surface area contributed by atoms with Crippen molar-refractivity contribution in [2.75, 3.05) is 21.1 Å². The van der Waals surface area contributed by atoms with Crippen molar-refractivity contribution in [2.45, 2.75) is 0 Å². The van der Waals surface area contributed by atoms with Gasteiger partial charge in [-0.15, -0.1) is 0 Å². The van der Waals surface area contributed by atoms with Crippen molar-refractivity contribution in [3.8, 4) is 12.0 Å². The normalized spacial score (nSPS) is 8.73. The second-order valence-electron chi connectivity index (χ2n) is 3.34. The Balaban J connectivity index is 2.71. The number of amides is 2. The highest BCUT2D eigenvalue weighted by molar-refractivity contribution is 5.75. The molecule has 0 unspecified atom stereocenters. The summed E-state index contributed by atoms with van der Waals surface area (Å²) in [4.78, 5) is 14.3. The first kappa shape index (κ1) is 11.1. The van der Waals surface area contributed by atoms with E-state index in [1.165, 1.54) is 9.80 Å². The lowest BCUT2D eigenvalue weighted by Gasteiger charge is -2.15. The molecule has 0 saturated carbocycles. The van der Waals surface area contributed by atoms with Gasteiger partial charge in [-0.3, -0.25) is 4.90 Å². The molecule has 1 aromatic rings. The fourth-order valence-corrected chi connectivity index (χ4v) is 1.02. The molecule has 2 amide bonds. The van der Waals surface area contributed by atoms with Crippen LogP contribution in [-0.2, 0) is 0 Å². The lowest BCUT2D eigenvalue weighted by atomic mass is 10.2. The standard InChI is InChI=1S/C12H14N2O/c1-13(2)12(15)14(3)10-9-11-7-5-4-6-8-11/h4-8H,1-3H3. The Kier molecular flexibility index (Phi) is 3.75. The summed E-state index contributed by atoms with van der Waals surface area (Å²) in [6, 6.07) is 12.2. The van der Waals surface area contributed by atoms with Crippen LogP contribution in [-0.4, -0.2) is 37.0 Å². The molecule has 0 spiro atoms. The van der Waals surface area contributed by atoms with Crippen LogP contribution in [0.3, 0.4) is 0 Å². The van der Waals surface area contributed by atoms with Crippen molar-refractivity contribution >= 4 is 6.03 Å². The molecular formula is C12H14N2O. The number of nitrogens with zero attached hydrogens (tertiary/aromatic N) is 2. The molecule has 0 radical (unpaired) electrons. The van der Waals surface area contributed by atoms with Gasteiger partial charge in [0.15, 0.2) is 0 Å². The van der Waals surface area contributed by atoms with E-state index in [-0.39, 0.29) is 6.03 Å². The molecular weight excluding hydrogens is 188 g/mol. The third kappa shape index (κ3) is 3.35. The molecule has 0 bridgehead atoms. The first-order valence-corrected chi connectivity index (χ1v) is 4.63. The quantitative estimate of drug-likeness (QED) is 0.463. The van der Waals surface area contributed by atoms with Gasteiger partial charge in [-0.1, -0.05) is 18.2 Å². The van der Waals surface area contributed by atoms with Gasteiger partial charge in [-0.25, -0.2) is 4.79 Å². The Morgan fingerprint density at radius 2 is 1.73 bits per heavy atom. The topological polar surface area (TPSA) is 23.6 Å². The van der Waals surface area contributed by atoms with Crippen molar-refractivity contribution in [1.82, 2.24) is 9.80 Å². The van der Waals surface area contributed by atoms with Crippen molar-refractivity contribution in [1.29, 1.82) is 0 Å². The van der Waals surface area contributed by atoms with E-state index in [0.29, 0.717) is 0 Å². The Hall–Kier alpha value is -1.95. The fourth-order valence-electron chi connectivity index (χ4n) is 1.02. The van der Waals surface area contributed by atoms with Crippen LogP contribution in [0.1, 0.15) is 5.56 Å². The smallest absolute Gasteiger partial charge is 0.330 e. The van der Waals surface area contributed by atoms with E-state index in [1.54, 1.807) is 21.1 Å². The van der Waals surface area contributed by atoms with E-state index in [4.69, 9.17) is 0 Å². The molecule has 3 heteroatoms. The minimum Gasteiger partial charge on any atom is -0.330 e. The number of rotatable bonds is 0. The van der Waals surface area contributed by atoms with Crippen LogP contribution in [0.15, 0.2) is 30.3 Å². The predicted molar refractivity (Wildman–Crippen MR) is 60.2 cm³/mol. The Morgan fingerprint density at radius 3 is 2.27 bits per heavy atom. The Labute approximate surface area is 90.3 Å². The highest BCUT2D eigenvalue weighted by atomic mass is 16.2. The summed E-state index contributed by atoms with van der Waals surface area (Å²) < 4.78 is 0. The van der Waals surface area contributed by atoms with E-state index in [2.05, 4.69) is 12.0 Å². The fraction of sp³-hybridized carbons (Fsp3) is 0.250. The summed E-state index contributed by atoms with van der Waals surface area (Å²) in [6.07, 6.45) is 0. The third-order valence-corrected chi connectivity index (χ3v) is 1.81. The van der Waals surface area contributed by atoms with Gasteiger partial charge >= 0.3 is 6.03 Å². The van der Waals surface area contributed by atoms with Crippen LogP contribution in [0.4, 0.5) is 4.79 Å². The minimum atomic E-state index is -0.126. The number of carbonyl (C=O) groups excluding carboxylic acids is 1. The zero-order valence-electron chi connectivity index (χ0n) is 9.19. The lowest BCUT2D eigenvalue weighted by Crippen LogP contribution is -2.33. The molecule has 0 aromatic heterocycles. The summed E-state index contributed by atoms with van der Waals surface area (Å²) in [5.41, 5.74) is 0.899. The van der Waals surface area contributed by atoms with Gasteiger partial charge in [0, 0.05) is 32.8 Å². The zero-order chi connectivity index (χ0) is 11.3. The lowest BCUT2D eigenvalue weighted by molar-refractivity contribution is 0.198. The van der Waals surface area contributed by atoms with Crippen molar-refractivity contribution < 1.29 is 4.79 Å². The number of urea groups is 1. The second kappa shape index (κ2) is 5.06. The van der Waals surface area contributed by atoms with Crippen LogP contribution in [0.25, 0.3) is 0 Å². The van der Waals surface area contributed by atoms with Gasteiger partial charge in [0.25, 0.3) is 0 Å². The monoisotopic (exact) mass is 202 g/mol. The van der Waals surface area contributed by atoms with Gasteiger partial charge in [-0.2, -0.15) is 0 Å². The first-order chi connectivity index (χ1) is 7.11. The Bertz CT molecular complexity index is 387. The minimum absolute atomic E-state index is 0.126. The zero-order valence-corrected chi connectivity index (χ0v) is 9.19. The average molecular weight is 202 g/mol. The number of hydrogen-bond donors (Lipinski definition) is 0. The average Bonchev–Trinajstić information content (AvgIpc) is 2.26. The summed E-state index contributed by atoms with van der Waals surface area (Å²) in [5, 5.41) is 0. The predicted octanol–water partition coefficient (Wildman–Crippen LogP) is 1.61. The molecule has 1 aromatic carbocycles. The maximum Gasteiger partial charge on any atom is 0.330 e. The van der Waals surface area contributed by atoms with E-state index in [9.17, 15) is 4.79 Å². The summed E-state index contributed by atoms with van der Waals surface area (Å²) >= 11 is 0. The highest BCUT2D eigenvalue weighted by Gasteiger charge is 2.06. The van der Waals surface area contributed by atoms with E-state index in [1.807, 2.05) is 30.3 Å². The molecule has 78 valence electrons. The maximum atomic E-state index is 11.4. The van der Waals surface area contributed by atoms with Crippen LogP contribution in [0.5, 0.6) is 0 Å². The Morgan fingerprint density at radius 1 is 1.13 bits per heavy atom. The maximum absolute atomic E-state index is 11.4. The highest BCUT2D eigenvalue weighted by Crippen LogP contribution is 1.95. The molecule has 0 aliphatic carbocycles. The molecule has 0 atom stereocenters. The van der Waals surface area contributed by atoms with Gasteiger partial charge in [0.2, 0.25) is 0 Å².